The van der Waals surface area contributed by atoms with Crippen LogP contribution in [0.4, 0.5) is 23.2 Å². The maximum Gasteiger partial charge on any atom is 0.275 e. The zero-order valence-corrected chi connectivity index (χ0v) is 18.3. The number of alkyl halides is 3. The number of aromatic nitrogens is 2. The topological polar surface area (TPSA) is 136 Å². The summed E-state index contributed by atoms with van der Waals surface area (Å²) in [6.07, 6.45) is -2.48. The largest absolute Gasteiger partial charge is 0.445 e. The van der Waals surface area contributed by atoms with Crippen LogP contribution in [0.5, 0.6) is 5.88 Å². The van der Waals surface area contributed by atoms with Crippen LogP contribution in [0.3, 0.4) is 0 Å². The first-order valence-electron chi connectivity index (χ1n) is 10.4. The number of anilines is 1. The van der Waals surface area contributed by atoms with Gasteiger partial charge >= 0.3 is 0 Å². The Morgan fingerprint density at radius 3 is 2.80 bits per heavy atom. The molecule has 2 aliphatic rings. The number of amidine groups is 1. The summed E-state index contributed by atoms with van der Waals surface area (Å²) in [6.45, 7) is -0.0167. The Labute approximate surface area is 197 Å². The van der Waals surface area contributed by atoms with Crippen molar-refractivity contribution in [1.82, 2.24) is 9.97 Å². The lowest BCUT2D eigenvalue weighted by atomic mass is 9.66. The molecular formula is C22H20F4N6O3. The molecule has 2 aromatic rings. The number of hydrogen-bond donors (Lipinski definition) is 2. The monoisotopic (exact) mass is 492 g/mol. The summed E-state index contributed by atoms with van der Waals surface area (Å²) in [7, 11) is 0. The van der Waals surface area contributed by atoms with Gasteiger partial charge in [-0.3, -0.25) is 9.79 Å². The number of rotatable bonds is 6. The number of benzene rings is 1. The molecule has 3 heterocycles. The second kappa shape index (κ2) is 9.10. The molecule has 0 radical (unpaired) electrons. The quantitative estimate of drug-likeness (QED) is 0.592. The molecule has 0 bridgehead atoms. The van der Waals surface area contributed by atoms with E-state index in [0.717, 1.165) is 18.5 Å². The van der Waals surface area contributed by atoms with E-state index in [1.54, 1.807) is 0 Å². The van der Waals surface area contributed by atoms with E-state index < -0.39 is 48.0 Å². The lowest BCUT2D eigenvalue weighted by Gasteiger charge is -2.41. The van der Waals surface area contributed by atoms with E-state index in [1.807, 2.05) is 6.07 Å². The molecule has 184 valence electrons. The van der Waals surface area contributed by atoms with Gasteiger partial charge in [-0.1, -0.05) is 0 Å². The molecule has 1 saturated heterocycles. The highest BCUT2D eigenvalue weighted by atomic mass is 19.3. The number of halogens is 4. The van der Waals surface area contributed by atoms with Gasteiger partial charge in [0.2, 0.25) is 12.7 Å². The van der Waals surface area contributed by atoms with Gasteiger partial charge in [0.15, 0.2) is 0 Å². The fourth-order valence-corrected chi connectivity index (χ4v) is 4.38. The number of nitrogens with two attached hydrogens (primary N) is 1. The smallest absolute Gasteiger partial charge is 0.275 e. The van der Waals surface area contributed by atoms with Crippen LogP contribution in [0.1, 0.15) is 29.4 Å². The highest BCUT2D eigenvalue weighted by molar-refractivity contribution is 6.02. The molecule has 0 aliphatic carbocycles. The molecule has 1 amide bonds. The van der Waals surface area contributed by atoms with Crippen molar-refractivity contribution < 1.29 is 31.8 Å². The normalized spacial score (nSPS) is 27.6. The van der Waals surface area contributed by atoms with E-state index >= 15 is 4.39 Å². The molecule has 0 saturated carbocycles. The third-order valence-electron chi connectivity index (χ3n) is 6.27. The second-order valence-corrected chi connectivity index (χ2v) is 8.43. The Bertz CT molecular complexity index is 1200. The van der Waals surface area contributed by atoms with E-state index in [0.29, 0.717) is 0 Å². The molecule has 4 atom stereocenters. The van der Waals surface area contributed by atoms with Crippen LogP contribution >= 0.6 is 0 Å². The third-order valence-corrected chi connectivity index (χ3v) is 6.27. The summed E-state index contributed by atoms with van der Waals surface area (Å²) in [5.41, 5.74) is 2.98. The number of fused-ring (bicyclic) bond motifs is 1. The van der Waals surface area contributed by atoms with Crippen LogP contribution in [0, 0.1) is 28.5 Å². The van der Waals surface area contributed by atoms with Gasteiger partial charge in [0.25, 0.3) is 12.3 Å². The fourth-order valence-electron chi connectivity index (χ4n) is 4.38. The molecule has 1 fully saturated rings. The van der Waals surface area contributed by atoms with Crippen LogP contribution in [-0.2, 0) is 10.3 Å². The Kier molecular flexibility index (Phi) is 6.33. The molecule has 3 N–H and O–H groups in total. The molecule has 35 heavy (non-hydrogen) atoms. The van der Waals surface area contributed by atoms with Crippen LogP contribution in [0.2, 0.25) is 0 Å². The van der Waals surface area contributed by atoms with Gasteiger partial charge < -0.3 is 20.5 Å². The van der Waals surface area contributed by atoms with Gasteiger partial charge in [0.05, 0.1) is 25.1 Å². The zero-order chi connectivity index (χ0) is 25.4. The summed E-state index contributed by atoms with van der Waals surface area (Å²) in [4.78, 5) is 24.5. The SMILES string of the molecule is C[C@]1(C#N)C[C@@H]2[C@@H](C(F)F)OCC2(c2cc(NC(=O)c3cnc(OCF)cn3)ccc2F)N=C1N. The Morgan fingerprint density at radius 1 is 1.40 bits per heavy atom. The fraction of sp³-hybridized carbons (Fsp3) is 0.409. The average Bonchev–Trinajstić information content (AvgIpc) is 3.20. The zero-order valence-electron chi connectivity index (χ0n) is 18.3. The van der Waals surface area contributed by atoms with Gasteiger partial charge in [0, 0.05) is 17.2 Å². The Balaban J connectivity index is 1.70. The highest BCUT2D eigenvalue weighted by Gasteiger charge is 2.60. The van der Waals surface area contributed by atoms with Crippen LogP contribution < -0.4 is 15.8 Å². The van der Waals surface area contributed by atoms with Crippen molar-refractivity contribution in [3.63, 3.8) is 0 Å². The second-order valence-electron chi connectivity index (χ2n) is 8.43. The maximum atomic E-state index is 15.1. The van der Waals surface area contributed by atoms with Crippen molar-refractivity contribution >= 4 is 17.4 Å². The number of nitrogens with zero attached hydrogens (tertiary/aromatic N) is 4. The number of nitrogens with one attached hydrogen (secondary N) is 1. The minimum Gasteiger partial charge on any atom is -0.445 e. The highest BCUT2D eigenvalue weighted by Crippen LogP contribution is 2.53. The van der Waals surface area contributed by atoms with Crippen molar-refractivity contribution in [3.8, 4) is 11.9 Å². The van der Waals surface area contributed by atoms with Gasteiger partial charge in [-0.2, -0.15) is 5.26 Å². The minimum absolute atomic E-state index is 0.107. The summed E-state index contributed by atoms with van der Waals surface area (Å²) in [5.74, 6) is -2.77. The number of nitriles is 1. The molecule has 1 aromatic heterocycles. The van der Waals surface area contributed by atoms with Gasteiger partial charge in [-0.15, -0.1) is 0 Å². The number of carbonyl (C=O) groups is 1. The van der Waals surface area contributed by atoms with Crippen molar-refractivity contribution in [2.75, 3.05) is 18.8 Å². The maximum absolute atomic E-state index is 15.1. The van der Waals surface area contributed by atoms with Crippen LogP contribution in [-0.4, -0.2) is 47.7 Å². The lowest BCUT2D eigenvalue weighted by Crippen LogP contribution is -2.50. The summed E-state index contributed by atoms with van der Waals surface area (Å²) in [5, 5.41) is 12.1. The number of ether oxygens (including phenoxy) is 2. The van der Waals surface area contributed by atoms with E-state index in [9.17, 15) is 23.2 Å². The average molecular weight is 492 g/mol. The molecule has 2 aliphatic heterocycles. The number of carbonyl (C=O) groups excluding carboxylic acids is 1. The first kappa shape index (κ1) is 24.3. The summed E-state index contributed by atoms with van der Waals surface area (Å²) in [6, 6.07) is 5.59. The molecular weight excluding hydrogens is 472 g/mol. The van der Waals surface area contributed by atoms with Gasteiger partial charge in [0.1, 0.15) is 34.4 Å². The van der Waals surface area contributed by atoms with E-state index in [2.05, 4.69) is 25.0 Å². The third kappa shape index (κ3) is 4.25. The number of hydrogen-bond acceptors (Lipinski definition) is 8. The molecule has 1 aromatic carbocycles. The predicted octanol–water partition coefficient (Wildman–Crippen LogP) is 2.94. The molecule has 1 unspecified atom stereocenters. The lowest BCUT2D eigenvalue weighted by molar-refractivity contribution is -0.0430. The Morgan fingerprint density at radius 2 is 2.17 bits per heavy atom. The van der Waals surface area contributed by atoms with E-state index in [-0.39, 0.29) is 41.7 Å². The predicted molar refractivity (Wildman–Crippen MR) is 114 cm³/mol. The molecule has 0 spiro atoms. The summed E-state index contributed by atoms with van der Waals surface area (Å²) < 4.78 is 64.8. The number of aliphatic imine (C=N–C) groups is 1. The molecule has 4 rings (SSSR count). The van der Waals surface area contributed by atoms with Crippen molar-refractivity contribution in [3.05, 3.63) is 47.7 Å². The molecule has 9 nitrogen and oxygen atoms in total. The first-order chi connectivity index (χ1) is 16.6. The minimum atomic E-state index is -2.90. The standard InChI is InChI=1S/C22H20F4N6O3/c1-21(8-27)5-13-17(18(25)26)34-9-22(13,32-20(21)28)12-4-11(2-3-14(12)24)31-19(33)15-6-30-16(7-29-15)35-10-23/h2-4,6-7,13,17-18H,5,9-10H2,1H3,(H2,28,32)(H,31,33)/t13-,17+,21-,22?/m1/s1. The van der Waals surface area contributed by atoms with Crippen molar-refractivity contribution in [1.29, 1.82) is 5.26 Å². The molecule has 13 heteroatoms. The van der Waals surface area contributed by atoms with Crippen molar-refractivity contribution in [2.24, 2.45) is 22.1 Å². The van der Waals surface area contributed by atoms with E-state index in [1.165, 1.54) is 19.1 Å². The van der Waals surface area contributed by atoms with E-state index in [4.69, 9.17) is 10.5 Å². The van der Waals surface area contributed by atoms with Crippen molar-refractivity contribution in [2.45, 2.75) is 31.4 Å². The Hall–Kier alpha value is -3.79. The summed E-state index contributed by atoms with van der Waals surface area (Å²) >= 11 is 0. The first-order valence-corrected chi connectivity index (χ1v) is 10.4. The number of amides is 1. The van der Waals surface area contributed by atoms with Crippen LogP contribution in [0.25, 0.3) is 0 Å². The van der Waals surface area contributed by atoms with Crippen LogP contribution in [0.15, 0.2) is 35.6 Å². The van der Waals surface area contributed by atoms with Gasteiger partial charge in [-0.25, -0.2) is 27.5 Å². The van der Waals surface area contributed by atoms with Gasteiger partial charge in [-0.05, 0) is 31.5 Å².